The van der Waals surface area contributed by atoms with Crippen molar-refractivity contribution < 1.29 is 9.47 Å². The fourth-order valence-electron chi connectivity index (χ4n) is 1.66. The van der Waals surface area contributed by atoms with Gasteiger partial charge in [0, 0.05) is 38.7 Å². The van der Waals surface area contributed by atoms with Gasteiger partial charge in [0.25, 0.3) is 0 Å². The highest BCUT2D eigenvalue weighted by Crippen LogP contribution is 2.25. The molecular weight excluding hydrogens is 262 g/mol. The summed E-state index contributed by atoms with van der Waals surface area (Å²) in [4.78, 5) is 8.19. The van der Waals surface area contributed by atoms with Crippen molar-refractivity contribution in [3.8, 4) is 0 Å². The van der Waals surface area contributed by atoms with E-state index < -0.39 is 0 Å². The molecule has 0 fully saturated rings. The summed E-state index contributed by atoms with van der Waals surface area (Å²) in [7, 11) is 3.44. The molecule has 0 unspecified atom stereocenters. The Labute approximate surface area is 119 Å². The molecule has 6 heteroatoms. The average molecular weight is 287 g/mol. The first-order valence-corrected chi connectivity index (χ1v) is 7.44. The van der Waals surface area contributed by atoms with E-state index in [1.807, 2.05) is 0 Å². The number of nitrogens with zero attached hydrogens (tertiary/aromatic N) is 2. The summed E-state index contributed by atoms with van der Waals surface area (Å²) in [5, 5.41) is 4.40. The van der Waals surface area contributed by atoms with E-state index in [1.54, 1.807) is 25.6 Å². The Balaban J connectivity index is 2.70. The maximum atomic E-state index is 5.16. The third-order valence-electron chi connectivity index (χ3n) is 2.82. The third kappa shape index (κ3) is 5.44. The van der Waals surface area contributed by atoms with Crippen molar-refractivity contribution in [2.45, 2.75) is 20.4 Å². The first-order chi connectivity index (χ1) is 9.22. The number of anilines is 1. The zero-order chi connectivity index (χ0) is 14.1. The van der Waals surface area contributed by atoms with Crippen LogP contribution in [0.3, 0.4) is 0 Å². The lowest BCUT2D eigenvalue weighted by Gasteiger charge is -2.20. The van der Waals surface area contributed by atoms with Crippen LogP contribution in [0, 0.1) is 6.92 Å². The van der Waals surface area contributed by atoms with Crippen molar-refractivity contribution in [1.82, 2.24) is 10.3 Å². The quantitative estimate of drug-likeness (QED) is 0.709. The van der Waals surface area contributed by atoms with Gasteiger partial charge in [-0.15, -0.1) is 11.3 Å². The summed E-state index contributed by atoms with van der Waals surface area (Å²) >= 11 is 1.75. The highest BCUT2D eigenvalue weighted by molar-refractivity contribution is 7.15. The fourth-order valence-corrected chi connectivity index (χ4v) is 2.74. The lowest BCUT2D eigenvalue weighted by molar-refractivity contribution is 0.190. The summed E-state index contributed by atoms with van der Waals surface area (Å²) < 4.78 is 10.3. The van der Waals surface area contributed by atoms with E-state index in [0.29, 0.717) is 13.2 Å². The molecule has 1 aromatic rings. The van der Waals surface area contributed by atoms with E-state index in [9.17, 15) is 0 Å². The largest absolute Gasteiger partial charge is 0.383 e. The summed E-state index contributed by atoms with van der Waals surface area (Å²) in [6.07, 6.45) is 0. The molecule has 1 rings (SSSR count). The van der Waals surface area contributed by atoms with Gasteiger partial charge in [0.15, 0.2) is 5.13 Å². The number of hydrogen-bond donors (Lipinski definition) is 1. The zero-order valence-corrected chi connectivity index (χ0v) is 13.2. The first-order valence-electron chi connectivity index (χ1n) is 6.62. The van der Waals surface area contributed by atoms with E-state index >= 15 is 0 Å². The Morgan fingerprint density at radius 2 is 1.84 bits per heavy atom. The van der Waals surface area contributed by atoms with E-state index in [2.05, 4.69) is 29.0 Å². The number of aromatic nitrogens is 1. The van der Waals surface area contributed by atoms with Crippen LogP contribution < -0.4 is 10.2 Å². The lowest BCUT2D eigenvalue weighted by Crippen LogP contribution is -2.30. The molecule has 1 heterocycles. The molecule has 0 aromatic carbocycles. The van der Waals surface area contributed by atoms with Crippen LogP contribution in [0.2, 0.25) is 0 Å². The second-order valence-corrected chi connectivity index (χ2v) is 5.32. The minimum atomic E-state index is 0.699. The van der Waals surface area contributed by atoms with Gasteiger partial charge in [-0.05, 0) is 13.5 Å². The smallest absolute Gasteiger partial charge is 0.185 e. The van der Waals surface area contributed by atoms with Gasteiger partial charge in [-0.3, -0.25) is 0 Å². The SMILES string of the molecule is CCNCc1sc(N(CCOC)CCOC)nc1C. The predicted octanol–water partition coefficient (Wildman–Crippen LogP) is 1.66. The molecule has 0 aliphatic carbocycles. The second kappa shape index (κ2) is 9.25. The number of methoxy groups -OCH3 is 2. The third-order valence-corrected chi connectivity index (χ3v) is 4.04. The first kappa shape index (κ1) is 16.4. The van der Waals surface area contributed by atoms with Crippen LogP contribution in [0.1, 0.15) is 17.5 Å². The highest BCUT2D eigenvalue weighted by Gasteiger charge is 2.13. The van der Waals surface area contributed by atoms with Crippen LogP contribution in [0.5, 0.6) is 0 Å². The number of ether oxygens (including phenoxy) is 2. The van der Waals surface area contributed by atoms with Gasteiger partial charge in [0.2, 0.25) is 0 Å². The van der Waals surface area contributed by atoms with E-state index in [4.69, 9.17) is 9.47 Å². The molecule has 19 heavy (non-hydrogen) atoms. The summed E-state index contributed by atoms with van der Waals surface area (Å²) in [6, 6.07) is 0. The number of hydrogen-bond acceptors (Lipinski definition) is 6. The molecule has 5 nitrogen and oxygen atoms in total. The molecule has 0 radical (unpaired) electrons. The Kier molecular flexibility index (Phi) is 7.97. The Hall–Kier alpha value is -0.690. The molecule has 0 atom stereocenters. The number of nitrogens with one attached hydrogen (secondary N) is 1. The molecule has 110 valence electrons. The van der Waals surface area contributed by atoms with Crippen LogP contribution in [-0.2, 0) is 16.0 Å². The topological polar surface area (TPSA) is 46.6 Å². The van der Waals surface area contributed by atoms with E-state index in [1.165, 1.54) is 4.88 Å². The monoisotopic (exact) mass is 287 g/mol. The normalized spacial score (nSPS) is 10.9. The molecular formula is C13H25N3O2S. The molecule has 1 aromatic heterocycles. The molecule has 0 amide bonds. The van der Waals surface area contributed by atoms with E-state index in [-0.39, 0.29) is 0 Å². The van der Waals surface area contributed by atoms with E-state index in [0.717, 1.165) is 37.0 Å². The Morgan fingerprint density at radius 1 is 1.21 bits per heavy atom. The zero-order valence-electron chi connectivity index (χ0n) is 12.4. The number of thiazole rings is 1. The highest BCUT2D eigenvalue weighted by atomic mass is 32.1. The number of aryl methyl sites for hydroxylation is 1. The predicted molar refractivity (Wildman–Crippen MR) is 80.2 cm³/mol. The van der Waals surface area contributed by atoms with Crippen LogP contribution in [0.25, 0.3) is 0 Å². The van der Waals surface area contributed by atoms with Gasteiger partial charge < -0.3 is 19.7 Å². The molecule has 0 spiro atoms. The summed E-state index contributed by atoms with van der Waals surface area (Å²) in [6.45, 7) is 9.13. The van der Waals surface area contributed by atoms with Gasteiger partial charge in [-0.1, -0.05) is 6.92 Å². The minimum absolute atomic E-state index is 0.699. The maximum Gasteiger partial charge on any atom is 0.185 e. The van der Waals surface area contributed by atoms with Gasteiger partial charge in [0.1, 0.15) is 0 Å². The van der Waals surface area contributed by atoms with Crippen molar-refractivity contribution >= 4 is 16.5 Å². The second-order valence-electron chi connectivity index (χ2n) is 4.26. The minimum Gasteiger partial charge on any atom is -0.383 e. The van der Waals surface area contributed by atoms with Crippen molar-refractivity contribution in [2.75, 3.05) is 52.0 Å². The standard InChI is InChI=1S/C13H25N3O2S/c1-5-14-10-12-11(2)15-13(19-12)16(6-8-17-3)7-9-18-4/h14H,5-10H2,1-4H3. The van der Waals surface area contributed by atoms with Gasteiger partial charge in [0.05, 0.1) is 18.9 Å². The maximum absolute atomic E-state index is 5.16. The fraction of sp³-hybridized carbons (Fsp3) is 0.769. The lowest BCUT2D eigenvalue weighted by atomic mass is 10.4. The molecule has 1 N–H and O–H groups in total. The van der Waals surface area contributed by atoms with Gasteiger partial charge in [-0.2, -0.15) is 0 Å². The van der Waals surface area contributed by atoms with Crippen LogP contribution in [0.4, 0.5) is 5.13 Å². The Morgan fingerprint density at radius 3 is 2.37 bits per heavy atom. The average Bonchev–Trinajstić information content (AvgIpc) is 2.78. The summed E-state index contributed by atoms with van der Waals surface area (Å²) in [5.41, 5.74) is 1.11. The van der Waals surface area contributed by atoms with Crippen molar-refractivity contribution in [2.24, 2.45) is 0 Å². The van der Waals surface area contributed by atoms with Crippen molar-refractivity contribution in [3.05, 3.63) is 10.6 Å². The van der Waals surface area contributed by atoms with Gasteiger partial charge in [-0.25, -0.2) is 4.98 Å². The molecule has 0 aliphatic rings. The van der Waals surface area contributed by atoms with Crippen molar-refractivity contribution in [3.63, 3.8) is 0 Å². The number of rotatable bonds is 10. The molecule has 0 saturated heterocycles. The van der Waals surface area contributed by atoms with Gasteiger partial charge >= 0.3 is 0 Å². The van der Waals surface area contributed by atoms with Crippen LogP contribution in [-0.4, -0.2) is 52.1 Å². The summed E-state index contributed by atoms with van der Waals surface area (Å²) in [5.74, 6) is 0. The van der Waals surface area contributed by atoms with Crippen LogP contribution >= 0.6 is 11.3 Å². The molecule has 0 saturated carbocycles. The molecule has 0 aliphatic heterocycles. The Bertz CT molecular complexity index is 350. The molecule has 0 bridgehead atoms. The van der Waals surface area contributed by atoms with Crippen LogP contribution in [0.15, 0.2) is 0 Å². The van der Waals surface area contributed by atoms with Crippen molar-refractivity contribution in [1.29, 1.82) is 0 Å².